The molecule has 1 N–H and O–H groups in total. The lowest BCUT2D eigenvalue weighted by Gasteiger charge is -2.18. The third kappa shape index (κ3) is 25.8. The smallest absolute Gasteiger partial charge is 0.409 e. The minimum absolute atomic E-state index is 0.205. The highest BCUT2D eigenvalue weighted by molar-refractivity contribution is 7.85. The van der Waals surface area contributed by atoms with E-state index >= 15 is 0 Å². The molecule has 1 atom stereocenters. The van der Waals surface area contributed by atoms with E-state index in [0.717, 1.165) is 38.4 Å². The molecular formula is C27H53NO6S. The molecule has 0 saturated heterocycles. The zero-order chi connectivity index (χ0) is 26.2. The number of alkyl carbamates (subject to hydrolysis) is 1. The third-order valence-electron chi connectivity index (χ3n) is 5.77. The lowest BCUT2D eigenvalue weighted by molar-refractivity contribution is -0.0797. The standard InChI is InChI=1S/C27H53NO6S/c1-5-6-7-8-9-10-11-12-13-14-15-16-19-22-28-27(29)34-26(25(2)3)32-23-20-17-18-21-24-33-35(4,30)31/h26H,2,5-24H2,1,3-4H3,(H,28,29). The van der Waals surface area contributed by atoms with Crippen molar-refractivity contribution in [1.29, 1.82) is 0 Å². The van der Waals surface area contributed by atoms with Gasteiger partial charge in [0.1, 0.15) is 0 Å². The maximum atomic E-state index is 12.0. The van der Waals surface area contributed by atoms with Crippen molar-refractivity contribution < 1.29 is 26.9 Å². The Hall–Kier alpha value is -1.12. The van der Waals surface area contributed by atoms with Gasteiger partial charge in [0.25, 0.3) is 10.1 Å². The highest BCUT2D eigenvalue weighted by Gasteiger charge is 2.15. The van der Waals surface area contributed by atoms with Crippen LogP contribution in [0.25, 0.3) is 0 Å². The molecule has 1 amide bonds. The van der Waals surface area contributed by atoms with Gasteiger partial charge in [-0.1, -0.05) is 103 Å². The summed E-state index contributed by atoms with van der Waals surface area (Å²) in [4.78, 5) is 12.0. The van der Waals surface area contributed by atoms with Gasteiger partial charge in [0.05, 0.1) is 19.5 Å². The average molecular weight is 520 g/mol. The maximum Gasteiger partial charge on any atom is 0.409 e. The van der Waals surface area contributed by atoms with Crippen LogP contribution >= 0.6 is 0 Å². The molecule has 0 aliphatic heterocycles. The molecule has 8 heteroatoms. The fourth-order valence-corrected chi connectivity index (χ4v) is 4.13. The summed E-state index contributed by atoms with van der Waals surface area (Å²) in [5.74, 6) is 0. The minimum atomic E-state index is -3.36. The number of unbranched alkanes of at least 4 members (excludes halogenated alkanes) is 15. The highest BCUT2D eigenvalue weighted by Crippen LogP contribution is 2.13. The van der Waals surface area contributed by atoms with E-state index in [1.165, 1.54) is 70.6 Å². The van der Waals surface area contributed by atoms with Gasteiger partial charge in [0.15, 0.2) is 0 Å². The van der Waals surface area contributed by atoms with E-state index in [1.807, 2.05) is 0 Å². The number of carbonyl (C=O) groups is 1. The number of amides is 1. The second-order valence-electron chi connectivity index (χ2n) is 9.56. The predicted octanol–water partition coefficient (Wildman–Crippen LogP) is 7.26. The van der Waals surface area contributed by atoms with Crippen LogP contribution in [0.5, 0.6) is 0 Å². The van der Waals surface area contributed by atoms with Crippen molar-refractivity contribution in [3.8, 4) is 0 Å². The summed E-state index contributed by atoms with van der Waals surface area (Å²) in [6, 6.07) is 0. The average Bonchev–Trinajstić information content (AvgIpc) is 2.79. The Balaban J connectivity index is 3.61. The number of ether oxygens (including phenoxy) is 2. The van der Waals surface area contributed by atoms with E-state index < -0.39 is 22.5 Å². The fourth-order valence-electron chi connectivity index (χ4n) is 3.71. The van der Waals surface area contributed by atoms with Crippen molar-refractivity contribution in [3.63, 3.8) is 0 Å². The fraction of sp³-hybridized carbons (Fsp3) is 0.889. The van der Waals surface area contributed by atoms with Crippen molar-refractivity contribution in [2.24, 2.45) is 0 Å². The summed E-state index contributed by atoms with van der Waals surface area (Å²) in [6.07, 6.45) is 19.9. The van der Waals surface area contributed by atoms with Gasteiger partial charge >= 0.3 is 6.09 Å². The lowest BCUT2D eigenvalue weighted by Crippen LogP contribution is -2.31. The Morgan fingerprint density at radius 2 is 1.23 bits per heavy atom. The van der Waals surface area contributed by atoms with Gasteiger partial charge in [-0.15, -0.1) is 0 Å². The molecule has 1 unspecified atom stereocenters. The van der Waals surface area contributed by atoms with Crippen LogP contribution in [0.3, 0.4) is 0 Å². The lowest BCUT2D eigenvalue weighted by atomic mass is 10.0. The summed E-state index contributed by atoms with van der Waals surface area (Å²) in [5, 5.41) is 2.80. The van der Waals surface area contributed by atoms with Gasteiger partial charge in [0.2, 0.25) is 6.29 Å². The first-order valence-electron chi connectivity index (χ1n) is 13.8. The SMILES string of the molecule is C=C(C)C(OCCCCCCOS(C)(=O)=O)OC(=O)NCCCCCCCCCCCCCCC. The number of carbonyl (C=O) groups excluding carboxylic acids is 1. The molecule has 35 heavy (non-hydrogen) atoms. The Bertz CT molecular complexity index is 623. The normalized spacial score (nSPS) is 12.4. The summed E-state index contributed by atoms with van der Waals surface area (Å²) in [7, 11) is -3.36. The molecule has 208 valence electrons. The first kappa shape index (κ1) is 33.9. The number of hydrogen-bond acceptors (Lipinski definition) is 6. The second kappa shape index (κ2) is 23.3. The van der Waals surface area contributed by atoms with Crippen LogP contribution in [0.15, 0.2) is 12.2 Å². The van der Waals surface area contributed by atoms with Crippen LogP contribution in [0.4, 0.5) is 4.79 Å². The zero-order valence-corrected chi connectivity index (χ0v) is 23.6. The number of rotatable bonds is 25. The van der Waals surface area contributed by atoms with Gasteiger partial charge in [-0.25, -0.2) is 4.79 Å². The van der Waals surface area contributed by atoms with Gasteiger partial charge in [0, 0.05) is 6.54 Å². The molecule has 0 saturated carbocycles. The topological polar surface area (TPSA) is 90.9 Å². The second-order valence-corrected chi connectivity index (χ2v) is 11.2. The Morgan fingerprint density at radius 3 is 1.71 bits per heavy atom. The van der Waals surface area contributed by atoms with Crippen molar-refractivity contribution in [1.82, 2.24) is 5.32 Å². The van der Waals surface area contributed by atoms with Crippen LogP contribution in [-0.2, 0) is 23.8 Å². The van der Waals surface area contributed by atoms with Gasteiger partial charge in [-0.3, -0.25) is 4.18 Å². The first-order chi connectivity index (χ1) is 16.8. The molecule has 0 aliphatic rings. The molecule has 0 spiro atoms. The van der Waals surface area contributed by atoms with E-state index in [9.17, 15) is 13.2 Å². The van der Waals surface area contributed by atoms with Crippen LogP contribution in [0.1, 0.15) is 123 Å². The Kier molecular flexibility index (Phi) is 22.5. The van der Waals surface area contributed by atoms with E-state index in [-0.39, 0.29) is 6.61 Å². The first-order valence-corrected chi connectivity index (χ1v) is 15.6. The third-order valence-corrected chi connectivity index (χ3v) is 6.37. The molecular weight excluding hydrogens is 466 g/mol. The van der Waals surface area contributed by atoms with Crippen molar-refractivity contribution >= 4 is 16.2 Å². The van der Waals surface area contributed by atoms with E-state index in [4.69, 9.17) is 13.7 Å². The molecule has 7 nitrogen and oxygen atoms in total. The summed E-state index contributed by atoms with van der Waals surface area (Å²) in [5.41, 5.74) is 0.641. The highest BCUT2D eigenvalue weighted by atomic mass is 32.2. The van der Waals surface area contributed by atoms with E-state index in [1.54, 1.807) is 6.92 Å². The maximum absolute atomic E-state index is 12.0. The van der Waals surface area contributed by atoms with Crippen LogP contribution in [-0.4, -0.2) is 46.8 Å². The quantitative estimate of drug-likeness (QED) is 0.0591. The molecule has 0 aromatic carbocycles. The molecule has 0 aromatic heterocycles. The van der Waals surface area contributed by atoms with Crippen LogP contribution in [0.2, 0.25) is 0 Å². The molecule has 0 bridgehead atoms. The Labute approximate surface area is 215 Å². The van der Waals surface area contributed by atoms with Crippen molar-refractivity contribution in [2.75, 3.05) is 26.0 Å². The number of hydrogen-bond donors (Lipinski definition) is 1. The van der Waals surface area contributed by atoms with E-state index in [2.05, 4.69) is 18.8 Å². The molecule has 0 fully saturated rings. The molecule has 0 aliphatic carbocycles. The summed E-state index contributed by atoms with van der Waals surface area (Å²) >= 11 is 0. The Morgan fingerprint density at radius 1 is 0.771 bits per heavy atom. The van der Waals surface area contributed by atoms with Crippen LogP contribution < -0.4 is 5.32 Å². The van der Waals surface area contributed by atoms with Gasteiger partial charge in [-0.2, -0.15) is 8.42 Å². The van der Waals surface area contributed by atoms with Crippen LogP contribution in [0, 0.1) is 0 Å². The summed E-state index contributed by atoms with van der Waals surface area (Å²) < 4.78 is 37.5. The largest absolute Gasteiger partial charge is 0.416 e. The van der Waals surface area contributed by atoms with Gasteiger partial charge < -0.3 is 14.8 Å². The predicted molar refractivity (Wildman–Crippen MR) is 144 cm³/mol. The molecule has 0 rings (SSSR count). The summed E-state index contributed by atoms with van der Waals surface area (Å²) in [6.45, 7) is 9.12. The van der Waals surface area contributed by atoms with Crippen molar-refractivity contribution in [2.45, 2.75) is 129 Å². The molecule has 0 radical (unpaired) electrons. The molecule has 0 heterocycles. The van der Waals surface area contributed by atoms with Gasteiger partial charge in [-0.05, 0) is 31.8 Å². The monoisotopic (exact) mass is 519 g/mol. The minimum Gasteiger partial charge on any atom is -0.416 e. The zero-order valence-electron chi connectivity index (χ0n) is 22.8. The van der Waals surface area contributed by atoms with E-state index in [0.29, 0.717) is 25.1 Å². The number of nitrogens with one attached hydrogen (secondary N) is 1. The molecule has 0 aromatic rings. The van der Waals surface area contributed by atoms with Crippen molar-refractivity contribution in [3.05, 3.63) is 12.2 Å².